The van der Waals surface area contributed by atoms with E-state index in [1.165, 1.54) is 32.1 Å². The van der Waals surface area contributed by atoms with Crippen molar-refractivity contribution >= 4 is 0 Å². The summed E-state index contributed by atoms with van der Waals surface area (Å²) < 4.78 is 0. The predicted molar refractivity (Wildman–Crippen MR) is 63.4 cm³/mol. The lowest BCUT2D eigenvalue weighted by molar-refractivity contribution is -0.122. The second kappa shape index (κ2) is 2.80. The first-order chi connectivity index (χ1) is 6.91. The third kappa shape index (κ3) is 1.25. The van der Waals surface area contributed by atoms with E-state index in [0.29, 0.717) is 16.9 Å². The molecule has 4 aliphatic carbocycles. The SMILES string of the molecule is CC(C)(C)C12CC3CC(C1)C(N)C(C3)C2. The van der Waals surface area contributed by atoms with Gasteiger partial charge in [-0.2, -0.15) is 0 Å². The second-order valence-corrected chi connectivity index (χ2v) is 7.58. The smallest absolute Gasteiger partial charge is 0.00962 e. The van der Waals surface area contributed by atoms with Crippen molar-refractivity contribution in [2.24, 2.45) is 34.3 Å². The molecule has 15 heavy (non-hydrogen) atoms. The van der Waals surface area contributed by atoms with Crippen LogP contribution in [0.3, 0.4) is 0 Å². The quantitative estimate of drug-likeness (QED) is 0.648. The molecule has 4 rings (SSSR count). The zero-order chi connectivity index (χ0) is 10.8. The minimum Gasteiger partial charge on any atom is -0.327 e. The first-order valence-electron chi connectivity index (χ1n) is 6.67. The first-order valence-corrected chi connectivity index (χ1v) is 6.67. The third-order valence-corrected chi connectivity index (χ3v) is 5.94. The summed E-state index contributed by atoms with van der Waals surface area (Å²) in [5.41, 5.74) is 7.50. The summed E-state index contributed by atoms with van der Waals surface area (Å²) in [5.74, 6) is 2.73. The van der Waals surface area contributed by atoms with Crippen LogP contribution in [0.2, 0.25) is 0 Å². The maximum Gasteiger partial charge on any atom is 0.00962 e. The summed E-state index contributed by atoms with van der Waals surface area (Å²) in [6, 6.07) is 0.539. The van der Waals surface area contributed by atoms with Gasteiger partial charge in [0.1, 0.15) is 0 Å². The van der Waals surface area contributed by atoms with Crippen LogP contribution in [-0.4, -0.2) is 6.04 Å². The molecule has 0 spiro atoms. The summed E-state index contributed by atoms with van der Waals surface area (Å²) in [6.07, 6.45) is 7.22. The molecular formula is C14H25N. The molecule has 4 saturated carbocycles. The van der Waals surface area contributed by atoms with Gasteiger partial charge in [-0.25, -0.2) is 0 Å². The Morgan fingerprint density at radius 2 is 1.53 bits per heavy atom. The number of nitrogens with two attached hydrogens (primary N) is 1. The summed E-state index contributed by atoms with van der Waals surface area (Å²) in [5, 5.41) is 0. The standard InChI is InChI=1S/C14H25N/c1-13(2,3)14-6-9-4-10(7-14)12(15)11(5-9)8-14/h9-12H,4-8,15H2,1-3H3. The lowest BCUT2D eigenvalue weighted by Crippen LogP contribution is -2.59. The molecule has 0 aromatic heterocycles. The average molecular weight is 207 g/mol. The molecule has 0 saturated heterocycles. The second-order valence-electron chi connectivity index (χ2n) is 7.58. The lowest BCUT2D eigenvalue weighted by atomic mass is 9.42. The van der Waals surface area contributed by atoms with E-state index in [4.69, 9.17) is 5.73 Å². The van der Waals surface area contributed by atoms with Crippen LogP contribution in [0, 0.1) is 28.6 Å². The van der Waals surface area contributed by atoms with Crippen molar-refractivity contribution < 1.29 is 0 Å². The highest BCUT2D eigenvalue weighted by Gasteiger charge is 2.58. The van der Waals surface area contributed by atoms with Gasteiger partial charge in [-0.1, -0.05) is 20.8 Å². The van der Waals surface area contributed by atoms with Crippen molar-refractivity contribution in [3.63, 3.8) is 0 Å². The summed E-state index contributed by atoms with van der Waals surface area (Å²) in [4.78, 5) is 0. The molecule has 86 valence electrons. The molecule has 0 aliphatic heterocycles. The molecule has 0 heterocycles. The van der Waals surface area contributed by atoms with E-state index in [1.54, 1.807) is 0 Å². The van der Waals surface area contributed by atoms with E-state index in [1.807, 2.05) is 0 Å². The zero-order valence-corrected chi connectivity index (χ0v) is 10.4. The molecule has 1 heteroatoms. The van der Waals surface area contributed by atoms with E-state index >= 15 is 0 Å². The van der Waals surface area contributed by atoms with Gasteiger partial charge >= 0.3 is 0 Å². The third-order valence-electron chi connectivity index (χ3n) is 5.94. The van der Waals surface area contributed by atoms with Gasteiger partial charge in [-0.15, -0.1) is 0 Å². The summed E-state index contributed by atoms with van der Waals surface area (Å²) in [6.45, 7) is 7.35. The fourth-order valence-corrected chi connectivity index (χ4v) is 4.98. The van der Waals surface area contributed by atoms with E-state index < -0.39 is 0 Å². The number of rotatable bonds is 0. The van der Waals surface area contributed by atoms with Crippen LogP contribution in [0.5, 0.6) is 0 Å². The molecule has 0 aromatic rings. The van der Waals surface area contributed by atoms with Crippen LogP contribution in [0.1, 0.15) is 52.9 Å². The molecule has 2 atom stereocenters. The Kier molecular flexibility index (Phi) is 1.89. The fourth-order valence-electron chi connectivity index (χ4n) is 4.98. The largest absolute Gasteiger partial charge is 0.327 e. The van der Waals surface area contributed by atoms with E-state index in [0.717, 1.165) is 17.8 Å². The van der Waals surface area contributed by atoms with Gasteiger partial charge < -0.3 is 5.73 Å². The Morgan fingerprint density at radius 3 is 2.00 bits per heavy atom. The lowest BCUT2D eigenvalue weighted by Gasteiger charge is -2.63. The Balaban J connectivity index is 1.96. The van der Waals surface area contributed by atoms with Crippen molar-refractivity contribution in [2.45, 2.75) is 58.9 Å². The van der Waals surface area contributed by atoms with Crippen LogP contribution < -0.4 is 5.73 Å². The molecule has 4 fully saturated rings. The van der Waals surface area contributed by atoms with Crippen LogP contribution >= 0.6 is 0 Å². The average Bonchev–Trinajstić information content (AvgIpc) is 2.10. The highest BCUT2D eigenvalue weighted by molar-refractivity contribution is 5.09. The van der Waals surface area contributed by atoms with E-state index in [-0.39, 0.29) is 0 Å². The maximum absolute atomic E-state index is 6.37. The number of hydrogen-bond acceptors (Lipinski definition) is 1. The Bertz CT molecular complexity index is 260. The summed E-state index contributed by atoms with van der Waals surface area (Å²) >= 11 is 0. The van der Waals surface area contributed by atoms with Gasteiger partial charge in [-0.3, -0.25) is 0 Å². The molecule has 0 amide bonds. The van der Waals surface area contributed by atoms with E-state index in [9.17, 15) is 0 Å². The van der Waals surface area contributed by atoms with Crippen molar-refractivity contribution in [1.29, 1.82) is 0 Å². The van der Waals surface area contributed by atoms with Gasteiger partial charge in [0.15, 0.2) is 0 Å². The zero-order valence-electron chi connectivity index (χ0n) is 10.4. The molecule has 1 nitrogen and oxygen atoms in total. The Morgan fingerprint density at radius 1 is 1.00 bits per heavy atom. The van der Waals surface area contributed by atoms with Crippen LogP contribution in [0.4, 0.5) is 0 Å². The minimum absolute atomic E-state index is 0.489. The highest BCUT2D eigenvalue weighted by atomic mass is 14.8. The molecule has 4 bridgehead atoms. The van der Waals surface area contributed by atoms with Crippen LogP contribution in [-0.2, 0) is 0 Å². The topological polar surface area (TPSA) is 26.0 Å². The molecule has 2 unspecified atom stereocenters. The molecular weight excluding hydrogens is 182 g/mol. The van der Waals surface area contributed by atoms with Crippen molar-refractivity contribution in [3.05, 3.63) is 0 Å². The van der Waals surface area contributed by atoms with Gasteiger partial charge in [0.2, 0.25) is 0 Å². The highest BCUT2D eigenvalue weighted by Crippen LogP contribution is 2.65. The van der Waals surface area contributed by atoms with E-state index in [2.05, 4.69) is 20.8 Å². The van der Waals surface area contributed by atoms with Crippen LogP contribution in [0.15, 0.2) is 0 Å². The van der Waals surface area contributed by atoms with Gasteiger partial charge in [-0.05, 0) is 60.7 Å². The molecule has 0 aromatic carbocycles. The predicted octanol–water partition coefficient (Wildman–Crippen LogP) is 3.19. The van der Waals surface area contributed by atoms with Gasteiger partial charge in [0.25, 0.3) is 0 Å². The Labute approximate surface area is 93.8 Å². The van der Waals surface area contributed by atoms with Crippen LogP contribution in [0.25, 0.3) is 0 Å². The monoisotopic (exact) mass is 207 g/mol. The maximum atomic E-state index is 6.37. The fraction of sp³-hybridized carbons (Fsp3) is 1.00. The van der Waals surface area contributed by atoms with Gasteiger partial charge in [0.05, 0.1) is 0 Å². The molecule has 4 aliphatic rings. The first kappa shape index (κ1) is 10.1. The van der Waals surface area contributed by atoms with Crippen molar-refractivity contribution in [2.75, 3.05) is 0 Å². The molecule has 2 N–H and O–H groups in total. The normalized spacial score (nSPS) is 53.6. The Hall–Kier alpha value is -0.0400. The van der Waals surface area contributed by atoms with Crippen molar-refractivity contribution in [1.82, 2.24) is 0 Å². The summed E-state index contributed by atoms with van der Waals surface area (Å²) in [7, 11) is 0. The number of hydrogen-bond donors (Lipinski definition) is 1. The minimum atomic E-state index is 0.489. The molecule has 0 radical (unpaired) electrons. The van der Waals surface area contributed by atoms with Crippen molar-refractivity contribution in [3.8, 4) is 0 Å². The van der Waals surface area contributed by atoms with Gasteiger partial charge in [0, 0.05) is 6.04 Å².